The van der Waals surface area contributed by atoms with Gasteiger partial charge in [0.25, 0.3) is 5.91 Å². The maximum absolute atomic E-state index is 11.9. The first kappa shape index (κ1) is 57.0. The van der Waals surface area contributed by atoms with Gasteiger partial charge in [0.1, 0.15) is 40.7 Å². The van der Waals surface area contributed by atoms with Crippen LogP contribution in [0.15, 0.2) is 120 Å². The fraction of sp³-hybridized carbons (Fsp3) is 0.153. The van der Waals surface area contributed by atoms with Crippen molar-refractivity contribution in [2.24, 2.45) is 5.10 Å². The van der Waals surface area contributed by atoms with Crippen LogP contribution in [-0.2, 0) is 42.7 Å². The Hall–Kier alpha value is -7.22. The molecule has 3 aromatic heterocycles. The van der Waals surface area contributed by atoms with Gasteiger partial charge < -0.3 is 38.8 Å². The van der Waals surface area contributed by atoms with Crippen molar-refractivity contribution in [2.45, 2.75) is 6.61 Å². The molecular weight excluding hydrogens is 1040 g/mol. The van der Waals surface area contributed by atoms with Crippen molar-refractivity contribution in [1.82, 2.24) is 45.3 Å². The molecule has 2 saturated carbocycles. The van der Waals surface area contributed by atoms with E-state index in [0.717, 1.165) is 49.7 Å². The molecule has 1 amide bonds. The van der Waals surface area contributed by atoms with Gasteiger partial charge in [-0.3, -0.25) is 4.79 Å². The SMILES string of the molecule is COCCOCCOCCOc1cc(CO)cc(OCC(=O)N/N=C/[C]2[CH][CH][CH][CH]2)c1.[CH]1[CH][CH][CH][CH]1.[Fe+2].[Si+4].c1ccc2c(c1)-c1nc-2nc2[nH]c(nc3nc(nc4[nH]c(n1)c1ccccc41)-c1ccccc1-3)c1ccccc21. The van der Waals surface area contributed by atoms with E-state index in [1.54, 1.807) is 31.5 Å². The number of aromatic nitrogens is 8. The minimum Gasteiger partial charge on any atom is -0.491 e. The van der Waals surface area contributed by atoms with Gasteiger partial charge in [-0.2, -0.15) is 5.10 Å². The van der Waals surface area contributed by atoms with Gasteiger partial charge >= 0.3 is 28.0 Å². The Labute approximate surface area is 467 Å². The number of nitrogens with one attached hydrogen (secondary N) is 3. The number of rotatable bonds is 16. The van der Waals surface area contributed by atoms with Gasteiger partial charge in [-0.15, -0.1) is 0 Å². The van der Waals surface area contributed by atoms with E-state index in [4.69, 9.17) is 53.6 Å². The summed E-state index contributed by atoms with van der Waals surface area (Å²) < 4.78 is 26.8. The van der Waals surface area contributed by atoms with E-state index in [-0.39, 0.29) is 41.2 Å². The molecule has 4 aliphatic rings. The van der Waals surface area contributed by atoms with E-state index in [9.17, 15) is 9.90 Å². The van der Waals surface area contributed by atoms with Gasteiger partial charge in [0.2, 0.25) is 0 Å². The minimum absolute atomic E-state index is 0. The molecule has 0 atom stereocenters. The number of H-pyrrole nitrogens is 2. The average molecular weight is 1100 g/mol. The monoisotopic (exact) mass is 1100 g/mol. The van der Waals surface area contributed by atoms with Gasteiger partial charge in [0.05, 0.1) is 39.6 Å². The third-order valence-corrected chi connectivity index (χ3v) is 11.9. The summed E-state index contributed by atoms with van der Waals surface area (Å²) in [5, 5.41) is 17.1. The number of ether oxygens (including phenoxy) is 5. The zero-order valence-electron chi connectivity index (χ0n) is 42.3. The van der Waals surface area contributed by atoms with Gasteiger partial charge in [0.15, 0.2) is 29.9 Å². The average Bonchev–Trinajstić information content (AvgIpc) is 4.36. The molecule has 2 aliphatic carbocycles. The molecule has 2 fully saturated rings. The van der Waals surface area contributed by atoms with E-state index in [2.05, 4.69) is 20.5 Å². The van der Waals surface area contributed by atoms with E-state index >= 15 is 0 Å². The number of carbonyl (C=O) groups is 1. The summed E-state index contributed by atoms with van der Waals surface area (Å²) in [6, 6.07) is 37.2. The smallest absolute Gasteiger partial charge is 0.491 e. The van der Waals surface area contributed by atoms with Gasteiger partial charge in [-0.1, -0.05) is 97.1 Å². The van der Waals surface area contributed by atoms with Crippen LogP contribution in [0, 0.1) is 63.7 Å². The zero-order chi connectivity index (χ0) is 51.9. The van der Waals surface area contributed by atoms with Crippen LogP contribution in [0.5, 0.6) is 11.5 Å². The Morgan fingerprint density at radius 3 is 1.36 bits per heavy atom. The largest absolute Gasteiger partial charge is 4.00 e. The maximum Gasteiger partial charge on any atom is 4.00 e. The topological polar surface area (TPSA) is 217 Å². The maximum atomic E-state index is 11.9. The summed E-state index contributed by atoms with van der Waals surface area (Å²) in [5.74, 6) is 3.79. The molecule has 386 valence electrons. The second-order valence-electron chi connectivity index (χ2n) is 17.1. The van der Waals surface area contributed by atoms with Crippen LogP contribution in [0.4, 0.5) is 0 Å². The van der Waals surface area contributed by atoms with Crippen LogP contribution in [0.1, 0.15) is 5.56 Å². The van der Waals surface area contributed by atoms with E-state index in [1.807, 2.05) is 155 Å². The molecule has 5 aromatic carbocycles. The number of amides is 1. The Kier molecular flexibility index (Phi) is 20.8. The molecule has 0 spiro atoms. The molecule has 0 unspecified atom stereocenters. The van der Waals surface area contributed by atoms with Crippen LogP contribution in [0.3, 0.4) is 0 Å². The van der Waals surface area contributed by atoms with Crippen molar-refractivity contribution in [3.8, 4) is 57.1 Å². The molecule has 5 heterocycles. The van der Waals surface area contributed by atoms with Crippen molar-refractivity contribution in [3.05, 3.63) is 185 Å². The van der Waals surface area contributed by atoms with Gasteiger partial charge in [0, 0.05) is 69.1 Å². The van der Waals surface area contributed by atoms with E-state index in [1.165, 1.54) is 0 Å². The molecule has 78 heavy (non-hydrogen) atoms. The number of hydrogen-bond acceptors (Lipinski definition) is 14. The third-order valence-electron chi connectivity index (χ3n) is 11.9. The van der Waals surface area contributed by atoms with Crippen molar-refractivity contribution >= 4 is 67.2 Å². The van der Waals surface area contributed by atoms with Crippen molar-refractivity contribution in [2.75, 3.05) is 53.4 Å². The number of nitrogens with zero attached hydrogens (tertiary/aromatic N) is 7. The van der Waals surface area contributed by atoms with E-state index < -0.39 is 5.91 Å². The van der Waals surface area contributed by atoms with Crippen molar-refractivity contribution in [3.63, 3.8) is 0 Å². The normalized spacial score (nSPS) is 13.4. The molecular formula is C59H52FeN10O7Si+6. The van der Waals surface area contributed by atoms with Crippen LogP contribution in [-0.4, -0.2) is 121 Å². The summed E-state index contributed by atoms with van der Waals surface area (Å²) >= 11 is 0. The first-order chi connectivity index (χ1) is 37.5. The Balaban J connectivity index is 0.000000190. The summed E-state index contributed by atoms with van der Waals surface area (Å²) in [5.41, 5.74) is 9.45. The van der Waals surface area contributed by atoms with Crippen LogP contribution in [0.2, 0.25) is 0 Å². The van der Waals surface area contributed by atoms with Crippen LogP contribution >= 0.6 is 0 Å². The van der Waals surface area contributed by atoms with Gasteiger partial charge in [-0.05, 0) is 75.5 Å². The predicted octanol–water partition coefficient (Wildman–Crippen LogP) is 8.63. The van der Waals surface area contributed by atoms with Crippen molar-refractivity contribution < 1.29 is 50.7 Å². The number of hydrazone groups is 1. The van der Waals surface area contributed by atoms with Crippen LogP contribution in [0.25, 0.3) is 89.7 Å². The number of aliphatic hydroxyl groups excluding tert-OH is 1. The zero-order valence-corrected chi connectivity index (χ0v) is 44.4. The fourth-order valence-corrected chi connectivity index (χ4v) is 8.32. The number of hydrogen-bond donors (Lipinski definition) is 4. The quantitative estimate of drug-likeness (QED) is 0.0309. The Morgan fingerprint density at radius 2 is 0.936 bits per heavy atom. The number of benzene rings is 5. The number of carbonyl (C=O) groups excluding carboxylic acids is 1. The summed E-state index contributed by atoms with van der Waals surface area (Å²) in [6.07, 6.45) is 19.0. The molecule has 17 nitrogen and oxygen atoms in total. The van der Waals surface area contributed by atoms with Crippen LogP contribution < -0.4 is 14.9 Å². The molecule has 8 aromatic rings. The molecule has 2 aliphatic heterocycles. The molecule has 8 bridgehead atoms. The molecule has 4 N–H and O–H groups in total. The predicted molar refractivity (Wildman–Crippen MR) is 297 cm³/mol. The number of aliphatic hydroxyl groups is 1. The van der Waals surface area contributed by atoms with E-state index in [0.29, 0.717) is 103 Å². The standard InChI is InChI=1S/C32H18N8.C22H29N2O7.C5H5.Fe.Si/c1-2-10-18-17(9-1)25-33-26(18)38-28-21-13-5-6-14-22(21)30(35-28)40-32-24-16-8-7-15-23(24)31(36-32)39-29-20-12-4-3-11-19(20)27(34-29)37-25;1-27-6-7-28-8-9-29-10-11-30-20-12-19(16-25)13-21(14-20)31-17-22(26)24-23-15-18-4-2-3-5-18;1-2-4-5-3-1;;/h1-16H,(H2,33,34,35,36,37,38,39,40);2-5,12-15,25H,6-11,16-17H2,1H3,(H,24,26);1-5H;;/q;;;+2;+4/b;23-15+;;;. The van der Waals surface area contributed by atoms with Gasteiger partial charge in [-0.25, -0.2) is 35.3 Å². The summed E-state index contributed by atoms with van der Waals surface area (Å²) in [7, 11) is 1.62. The molecule has 10 radical (unpaired) electrons. The number of aromatic amines is 2. The summed E-state index contributed by atoms with van der Waals surface area (Å²) in [6.45, 7) is 2.34. The number of methoxy groups -OCH3 is 1. The fourth-order valence-electron chi connectivity index (χ4n) is 8.32. The Bertz CT molecular complexity index is 3160. The molecule has 19 heteroatoms. The van der Waals surface area contributed by atoms with Crippen molar-refractivity contribution in [1.29, 1.82) is 0 Å². The second-order valence-corrected chi connectivity index (χ2v) is 17.1. The third kappa shape index (κ3) is 14.3. The minimum atomic E-state index is -0.402. The first-order valence-electron chi connectivity index (χ1n) is 24.6. The number of fused-ring (bicyclic) bond motifs is 20. The Morgan fingerprint density at radius 1 is 0.538 bits per heavy atom. The summed E-state index contributed by atoms with van der Waals surface area (Å²) in [4.78, 5) is 48.6. The molecule has 0 saturated heterocycles. The first-order valence-corrected chi connectivity index (χ1v) is 24.6. The second kappa shape index (κ2) is 28.4. The molecule has 12 rings (SSSR count).